The number of rotatable bonds is 6. The van der Waals surface area contributed by atoms with Crippen LogP contribution in [0.1, 0.15) is 58.3 Å². The number of ether oxygens (including phenoxy) is 1. The molecule has 1 heterocycles. The van der Waals surface area contributed by atoms with Gasteiger partial charge in [0.2, 0.25) is 0 Å². The average Bonchev–Trinajstić information content (AvgIpc) is 2.96. The fourth-order valence-corrected chi connectivity index (χ4v) is 3.57. The Hall–Kier alpha value is 0.210. The molecule has 2 nitrogen and oxygen atoms in total. The second-order valence-corrected chi connectivity index (χ2v) is 6.04. The van der Waals surface area contributed by atoms with E-state index in [4.69, 9.17) is 16.3 Å². The molecule has 1 aliphatic carbocycles. The van der Waals surface area contributed by atoms with E-state index in [0.717, 1.165) is 25.3 Å². The highest BCUT2D eigenvalue weighted by Gasteiger charge is 2.41. The van der Waals surface area contributed by atoms with E-state index in [0.29, 0.717) is 12.1 Å². The Morgan fingerprint density at radius 2 is 2.12 bits per heavy atom. The van der Waals surface area contributed by atoms with Gasteiger partial charge in [0.25, 0.3) is 0 Å². The molecule has 0 aromatic heterocycles. The van der Waals surface area contributed by atoms with Gasteiger partial charge in [-0.25, -0.2) is 0 Å². The van der Waals surface area contributed by atoms with Crippen LogP contribution in [0.3, 0.4) is 0 Å². The molecule has 100 valence electrons. The van der Waals surface area contributed by atoms with E-state index in [2.05, 4.69) is 12.2 Å². The Morgan fingerprint density at radius 1 is 1.35 bits per heavy atom. The van der Waals surface area contributed by atoms with Crippen molar-refractivity contribution >= 4 is 11.6 Å². The van der Waals surface area contributed by atoms with Crippen LogP contribution in [0.15, 0.2) is 0 Å². The molecule has 0 bridgehead atoms. The molecule has 0 radical (unpaired) electrons. The third-order valence-electron chi connectivity index (χ3n) is 4.44. The number of halogens is 1. The van der Waals surface area contributed by atoms with Gasteiger partial charge in [0.1, 0.15) is 0 Å². The summed E-state index contributed by atoms with van der Waals surface area (Å²) in [5.41, 5.74) is 0.278. The van der Waals surface area contributed by atoms with E-state index in [1.54, 1.807) is 0 Å². The monoisotopic (exact) mass is 259 g/mol. The van der Waals surface area contributed by atoms with Crippen molar-refractivity contribution in [3.05, 3.63) is 0 Å². The fraction of sp³-hybridized carbons (Fsp3) is 1.00. The van der Waals surface area contributed by atoms with Crippen molar-refractivity contribution in [1.29, 1.82) is 0 Å². The van der Waals surface area contributed by atoms with Crippen LogP contribution in [0.25, 0.3) is 0 Å². The topological polar surface area (TPSA) is 21.3 Å². The van der Waals surface area contributed by atoms with Gasteiger partial charge in [0.05, 0.1) is 11.7 Å². The molecular weight excluding hydrogens is 234 g/mol. The summed E-state index contributed by atoms with van der Waals surface area (Å²) in [5, 5.41) is 3.61. The molecule has 1 saturated heterocycles. The van der Waals surface area contributed by atoms with Crippen LogP contribution in [0.5, 0.6) is 0 Å². The van der Waals surface area contributed by atoms with E-state index in [-0.39, 0.29) is 5.60 Å². The molecule has 2 unspecified atom stereocenters. The van der Waals surface area contributed by atoms with Crippen LogP contribution in [0.4, 0.5) is 0 Å². The lowest BCUT2D eigenvalue weighted by atomic mass is 9.98. The molecule has 1 spiro atoms. The van der Waals surface area contributed by atoms with Crippen LogP contribution in [0.2, 0.25) is 0 Å². The molecular formula is C14H26ClNO. The fourth-order valence-electron chi connectivity index (χ4n) is 3.31. The van der Waals surface area contributed by atoms with Crippen molar-refractivity contribution in [2.75, 3.05) is 12.4 Å². The molecule has 17 heavy (non-hydrogen) atoms. The summed E-state index contributed by atoms with van der Waals surface area (Å²) < 4.78 is 6.29. The third-order valence-corrected chi connectivity index (χ3v) is 4.66. The first-order chi connectivity index (χ1) is 8.28. The van der Waals surface area contributed by atoms with E-state index in [1.165, 1.54) is 38.5 Å². The van der Waals surface area contributed by atoms with Gasteiger partial charge in [0, 0.05) is 18.5 Å². The lowest BCUT2D eigenvalue weighted by Gasteiger charge is -2.25. The molecule has 1 aliphatic heterocycles. The Kier molecular flexibility index (Phi) is 5.13. The number of hydrogen-bond donors (Lipinski definition) is 1. The molecule has 1 saturated carbocycles. The van der Waals surface area contributed by atoms with Gasteiger partial charge in [0.15, 0.2) is 0 Å². The van der Waals surface area contributed by atoms with Crippen LogP contribution < -0.4 is 5.32 Å². The van der Waals surface area contributed by atoms with Crippen LogP contribution in [0, 0.1) is 0 Å². The zero-order valence-electron chi connectivity index (χ0n) is 11.0. The molecule has 2 aliphatic rings. The second-order valence-electron chi connectivity index (χ2n) is 5.66. The predicted octanol–water partition coefficient (Wildman–Crippen LogP) is 3.48. The molecule has 2 fully saturated rings. The zero-order valence-corrected chi connectivity index (χ0v) is 11.8. The number of alkyl halides is 1. The van der Waals surface area contributed by atoms with Gasteiger partial charge < -0.3 is 10.1 Å². The first kappa shape index (κ1) is 13.6. The lowest BCUT2D eigenvalue weighted by Crippen LogP contribution is -2.37. The SMILES string of the molecule is CCC(CCCl)NCC1CCC2(CCCC2)O1. The van der Waals surface area contributed by atoms with Gasteiger partial charge in [-0.1, -0.05) is 19.8 Å². The minimum absolute atomic E-state index is 0.278. The Labute approximate surface area is 110 Å². The first-order valence-corrected chi connectivity index (χ1v) is 7.78. The maximum absolute atomic E-state index is 6.29. The molecule has 2 atom stereocenters. The summed E-state index contributed by atoms with van der Waals surface area (Å²) in [6, 6.07) is 0.566. The Bertz CT molecular complexity index is 228. The molecule has 2 rings (SSSR count). The molecule has 0 aromatic carbocycles. The minimum atomic E-state index is 0.278. The third kappa shape index (κ3) is 3.59. The highest BCUT2D eigenvalue weighted by atomic mass is 35.5. The highest BCUT2D eigenvalue weighted by Crippen LogP contribution is 2.43. The highest BCUT2D eigenvalue weighted by molar-refractivity contribution is 6.17. The molecule has 3 heteroatoms. The summed E-state index contributed by atoms with van der Waals surface area (Å²) in [6.45, 7) is 3.23. The predicted molar refractivity (Wildman–Crippen MR) is 72.7 cm³/mol. The summed E-state index contributed by atoms with van der Waals surface area (Å²) in [5.74, 6) is 0.751. The minimum Gasteiger partial charge on any atom is -0.370 e. The quantitative estimate of drug-likeness (QED) is 0.738. The first-order valence-electron chi connectivity index (χ1n) is 7.25. The number of nitrogens with one attached hydrogen (secondary N) is 1. The van der Waals surface area contributed by atoms with E-state index >= 15 is 0 Å². The van der Waals surface area contributed by atoms with Crippen LogP contribution in [-0.4, -0.2) is 30.2 Å². The maximum Gasteiger partial charge on any atom is 0.0708 e. The van der Waals surface area contributed by atoms with Gasteiger partial charge in [-0.2, -0.15) is 0 Å². The van der Waals surface area contributed by atoms with Crippen LogP contribution >= 0.6 is 11.6 Å². The van der Waals surface area contributed by atoms with Gasteiger partial charge >= 0.3 is 0 Å². The smallest absolute Gasteiger partial charge is 0.0708 e. The van der Waals surface area contributed by atoms with E-state index in [9.17, 15) is 0 Å². The standard InChI is InChI=1S/C14H26ClNO/c1-2-12(6-10-15)16-11-13-5-9-14(17-13)7-3-4-8-14/h12-13,16H,2-11H2,1H3. The zero-order chi connectivity index (χ0) is 12.1. The molecule has 0 aromatic rings. The van der Waals surface area contributed by atoms with Crippen LogP contribution in [-0.2, 0) is 4.74 Å². The van der Waals surface area contributed by atoms with Crippen molar-refractivity contribution < 1.29 is 4.74 Å². The second kappa shape index (κ2) is 6.40. The van der Waals surface area contributed by atoms with E-state index in [1.807, 2.05) is 0 Å². The van der Waals surface area contributed by atoms with Crippen molar-refractivity contribution in [2.24, 2.45) is 0 Å². The molecule has 1 N–H and O–H groups in total. The summed E-state index contributed by atoms with van der Waals surface area (Å²) in [7, 11) is 0. The summed E-state index contributed by atoms with van der Waals surface area (Å²) in [4.78, 5) is 0. The number of hydrogen-bond acceptors (Lipinski definition) is 2. The molecule has 0 amide bonds. The van der Waals surface area contributed by atoms with Gasteiger partial charge in [-0.15, -0.1) is 11.6 Å². The van der Waals surface area contributed by atoms with Gasteiger partial charge in [-0.05, 0) is 38.5 Å². The van der Waals surface area contributed by atoms with Crippen molar-refractivity contribution in [3.63, 3.8) is 0 Å². The Balaban J connectivity index is 1.70. The van der Waals surface area contributed by atoms with Crippen molar-refractivity contribution in [2.45, 2.75) is 76.0 Å². The van der Waals surface area contributed by atoms with Crippen molar-refractivity contribution in [3.8, 4) is 0 Å². The maximum atomic E-state index is 6.29. The lowest BCUT2D eigenvalue weighted by molar-refractivity contribution is -0.0359. The summed E-state index contributed by atoms with van der Waals surface area (Å²) in [6.07, 6.45) is 10.5. The van der Waals surface area contributed by atoms with Crippen molar-refractivity contribution in [1.82, 2.24) is 5.32 Å². The largest absolute Gasteiger partial charge is 0.370 e. The normalized spacial score (nSPS) is 28.9. The Morgan fingerprint density at radius 3 is 2.76 bits per heavy atom. The van der Waals surface area contributed by atoms with E-state index < -0.39 is 0 Å². The summed E-state index contributed by atoms with van der Waals surface area (Å²) >= 11 is 5.80. The average molecular weight is 260 g/mol. The van der Waals surface area contributed by atoms with Gasteiger partial charge in [-0.3, -0.25) is 0 Å².